The predicted molar refractivity (Wildman–Crippen MR) is 123 cm³/mol. The minimum absolute atomic E-state index is 0.109. The molecule has 158 valence electrons. The zero-order valence-corrected chi connectivity index (χ0v) is 17.9. The number of nitrogens with zero attached hydrogens (tertiary/aromatic N) is 4. The van der Waals surface area contributed by atoms with E-state index in [2.05, 4.69) is 32.8 Å². The van der Waals surface area contributed by atoms with E-state index in [1.165, 1.54) is 6.33 Å². The van der Waals surface area contributed by atoms with Crippen molar-refractivity contribution in [2.45, 2.75) is 19.5 Å². The standard InChI is InChI=1S/C23H23ClN6O/c1-14(20-10-16-9-17(24)3-5-19(16)28-20)29-6-7-30(22(31)12-29)11-15-2-4-18-21(8-15)26-13-27-23(18)25/h2-5,8-10,13-14,28H,6-7,11-12H2,1H3,(H2,25,26,27). The van der Waals surface area contributed by atoms with Crippen LogP contribution in [0.2, 0.25) is 5.02 Å². The average molecular weight is 435 g/mol. The summed E-state index contributed by atoms with van der Waals surface area (Å²) in [5.74, 6) is 0.592. The van der Waals surface area contributed by atoms with Crippen LogP contribution in [0.3, 0.4) is 0 Å². The summed E-state index contributed by atoms with van der Waals surface area (Å²) in [4.78, 5) is 28.8. The third-order valence-corrected chi connectivity index (χ3v) is 6.29. The Labute approximate surface area is 184 Å². The van der Waals surface area contributed by atoms with Crippen molar-refractivity contribution in [2.75, 3.05) is 25.4 Å². The quantitative estimate of drug-likeness (QED) is 0.510. The number of aromatic amines is 1. The van der Waals surface area contributed by atoms with Crippen LogP contribution >= 0.6 is 11.6 Å². The van der Waals surface area contributed by atoms with E-state index >= 15 is 0 Å². The molecule has 7 nitrogen and oxygen atoms in total. The van der Waals surface area contributed by atoms with Crippen LogP contribution in [0, 0.1) is 0 Å². The van der Waals surface area contributed by atoms with Crippen LogP contribution in [0.1, 0.15) is 24.2 Å². The highest BCUT2D eigenvalue weighted by molar-refractivity contribution is 6.31. The molecule has 3 heterocycles. The molecule has 4 aromatic rings. The zero-order chi connectivity index (χ0) is 21.5. The van der Waals surface area contributed by atoms with Gasteiger partial charge in [-0.3, -0.25) is 9.69 Å². The lowest BCUT2D eigenvalue weighted by atomic mass is 10.1. The van der Waals surface area contributed by atoms with Gasteiger partial charge < -0.3 is 15.6 Å². The highest BCUT2D eigenvalue weighted by atomic mass is 35.5. The smallest absolute Gasteiger partial charge is 0.237 e. The molecule has 1 aliphatic heterocycles. The number of benzene rings is 2. The van der Waals surface area contributed by atoms with E-state index in [4.69, 9.17) is 17.3 Å². The number of nitrogens with one attached hydrogen (secondary N) is 1. The summed E-state index contributed by atoms with van der Waals surface area (Å²) in [7, 11) is 0. The van der Waals surface area contributed by atoms with E-state index in [9.17, 15) is 4.79 Å². The summed E-state index contributed by atoms with van der Waals surface area (Å²) in [5.41, 5.74) is 9.88. The van der Waals surface area contributed by atoms with Gasteiger partial charge in [-0.15, -0.1) is 0 Å². The molecule has 8 heteroatoms. The van der Waals surface area contributed by atoms with Gasteiger partial charge in [0, 0.05) is 52.7 Å². The fourth-order valence-electron chi connectivity index (χ4n) is 4.21. The summed E-state index contributed by atoms with van der Waals surface area (Å²) >= 11 is 6.11. The van der Waals surface area contributed by atoms with Crippen LogP contribution in [0.4, 0.5) is 5.82 Å². The second-order valence-electron chi connectivity index (χ2n) is 8.03. The van der Waals surface area contributed by atoms with Crippen LogP contribution in [0.15, 0.2) is 48.8 Å². The minimum Gasteiger partial charge on any atom is -0.383 e. The number of piperazine rings is 1. The predicted octanol–water partition coefficient (Wildman–Crippen LogP) is 3.75. The average Bonchev–Trinajstić information content (AvgIpc) is 3.18. The largest absolute Gasteiger partial charge is 0.383 e. The van der Waals surface area contributed by atoms with Crippen molar-refractivity contribution in [1.29, 1.82) is 0 Å². The highest BCUT2D eigenvalue weighted by Gasteiger charge is 2.28. The number of carbonyl (C=O) groups is 1. The van der Waals surface area contributed by atoms with Gasteiger partial charge in [-0.25, -0.2) is 9.97 Å². The second kappa shape index (κ2) is 7.83. The molecule has 2 aromatic carbocycles. The number of anilines is 1. The van der Waals surface area contributed by atoms with Crippen molar-refractivity contribution in [2.24, 2.45) is 0 Å². The molecule has 31 heavy (non-hydrogen) atoms. The molecule has 3 N–H and O–H groups in total. The fraction of sp³-hybridized carbons (Fsp3) is 0.261. The van der Waals surface area contributed by atoms with Crippen molar-refractivity contribution in [3.8, 4) is 0 Å². The minimum atomic E-state index is 0.109. The Morgan fingerprint density at radius 1 is 1.16 bits per heavy atom. The maximum absolute atomic E-state index is 12.9. The van der Waals surface area contributed by atoms with Gasteiger partial charge in [-0.2, -0.15) is 0 Å². The maximum Gasteiger partial charge on any atom is 0.237 e. The Balaban J connectivity index is 1.28. The number of hydrogen-bond acceptors (Lipinski definition) is 5. The highest BCUT2D eigenvalue weighted by Crippen LogP contribution is 2.27. The molecule has 1 amide bonds. The topological polar surface area (TPSA) is 91.1 Å². The molecule has 1 atom stereocenters. The molecule has 1 aliphatic rings. The molecule has 0 bridgehead atoms. The number of nitrogens with two attached hydrogens (primary N) is 1. The van der Waals surface area contributed by atoms with Crippen LogP contribution in [0.5, 0.6) is 0 Å². The van der Waals surface area contributed by atoms with Crippen LogP contribution in [-0.4, -0.2) is 50.3 Å². The summed E-state index contributed by atoms with van der Waals surface area (Å²) < 4.78 is 0. The van der Waals surface area contributed by atoms with Crippen molar-refractivity contribution in [3.05, 3.63) is 65.1 Å². The first-order valence-corrected chi connectivity index (χ1v) is 10.6. The normalized spacial score (nSPS) is 16.3. The summed E-state index contributed by atoms with van der Waals surface area (Å²) in [5, 5.41) is 2.63. The molecule has 0 spiro atoms. The van der Waals surface area contributed by atoms with Crippen molar-refractivity contribution in [3.63, 3.8) is 0 Å². The maximum atomic E-state index is 12.9. The summed E-state index contributed by atoms with van der Waals surface area (Å²) in [6, 6.07) is 13.9. The molecular formula is C23H23ClN6O. The molecule has 0 saturated carbocycles. The lowest BCUT2D eigenvalue weighted by Gasteiger charge is -2.37. The lowest BCUT2D eigenvalue weighted by molar-refractivity contribution is -0.137. The monoisotopic (exact) mass is 434 g/mol. The van der Waals surface area contributed by atoms with Crippen molar-refractivity contribution in [1.82, 2.24) is 24.8 Å². The van der Waals surface area contributed by atoms with E-state index in [0.717, 1.165) is 44.6 Å². The van der Waals surface area contributed by atoms with E-state index in [-0.39, 0.29) is 11.9 Å². The van der Waals surface area contributed by atoms with Gasteiger partial charge >= 0.3 is 0 Å². The van der Waals surface area contributed by atoms with Gasteiger partial charge in [0.2, 0.25) is 5.91 Å². The van der Waals surface area contributed by atoms with E-state index < -0.39 is 0 Å². The Bertz CT molecular complexity index is 1290. The molecule has 0 radical (unpaired) electrons. The van der Waals surface area contributed by atoms with Crippen LogP contribution in [0.25, 0.3) is 21.8 Å². The van der Waals surface area contributed by atoms with Gasteiger partial charge in [0.15, 0.2) is 0 Å². The third kappa shape index (κ3) is 3.82. The van der Waals surface area contributed by atoms with E-state index in [1.807, 2.05) is 41.3 Å². The van der Waals surface area contributed by atoms with E-state index in [1.54, 1.807) is 0 Å². The number of H-pyrrole nitrogens is 1. The molecule has 1 saturated heterocycles. The van der Waals surface area contributed by atoms with E-state index in [0.29, 0.717) is 25.5 Å². The van der Waals surface area contributed by atoms with Crippen LogP contribution < -0.4 is 5.73 Å². The molecule has 5 rings (SSSR count). The zero-order valence-electron chi connectivity index (χ0n) is 17.2. The second-order valence-corrected chi connectivity index (χ2v) is 8.46. The molecule has 1 unspecified atom stereocenters. The molecule has 0 aliphatic carbocycles. The summed E-state index contributed by atoms with van der Waals surface area (Å²) in [6.45, 7) is 4.57. The van der Waals surface area contributed by atoms with Gasteiger partial charge in [-0.1, -0.05) is 17.7 Å². The molecule has 1 fully saturated rings. The van der Waals surface area contributed by atoms with Gasteiger partial charge in [0.05, 0.1) is 12.1 Å². The number of aromatic nitrogens is 3. The van der Waals surface area contributed by atoms with Crippen LogP contribution in [-0.2, 0) is 11.3 Å². The number of fused-ring (bicyclic) bond motifs is 2. The Morgan fingerprint density at radius 2 is 2.03 bits per heavy atom. The number of carbonyl (C=O) groups excluding carboxylic acids is 1. The first kappa shape index (κ1) is 19.8. The molecule has 2 aromatic heterocycles. The number of hydrogen-bond donors (Lipinski definition) is 2. The number of amides is 1. The third-order valence-electron chi connectivity index (χ3n) is 6.05. The first-order valence-electron chi connectivity index (χ1n) is 10.3. The van der Waals surface area contributed by atoms with Crippen molar-refractivity contribution < 1.29 is 4.79 Å². The number of nitrogen functional groups attached to an aromatic ring is 1. The fourth-order valence-corrected chi connectivity index (χ4v) is 4.39. The van der Waals surface area contributed by atoms with Gasteiger partial charge in [0.1, 0.15) is 12.1 Å². The van der Waals surface area contributed by atoms with Gasteiger partial charge in [0.25, 0.3) is 0 Å². The Kier molecular flexibility index (Phi) is 5.00. The lowest BCUT2D eigenvalue weighted by Crippen LogP contribution is -2.50. The molecular weight excluding hydrogens is 412 g/mol. The number of halogens is 1. The Hall–Kier alpha value is -3.16. The van der Waals surface area contributed by atoms with Crippen molar-refractivity contribution >= 4 is 45.1 Å². The summed E-state index contributed by atoms with van der Waals surface area (Å²) in [6.07, 6.45) is 1.46. The SMILES string of the molecule is CC(c1cc2cc(Cl)ccc2[nH]1)N1CCN(Cc2ccc3c(N)ncnc3c2)C(=O)C1. The first-order chi connectivity index (χ1) is 15.0. The van der Waals surface area contributed by atoms with Gasteiger partial charge in [-0.05, 0) is 48.9 Å². The number of rotatable bonds is 4. The Morgan fingerprint density at radius 3 is 2.87 bits per heavy atom.